The minimum Gasteiger partial charge on any atom is -0.391 e. The molecule has 0 radical (unpaired) electrons. The summed E-state index contributed by atoms with van der Waals surface area (Å²) < 4.78 is 0. The van der Waals surface area contributed by atoms with E-state index in [1.54, 1.807) is 11.1 Å². The number of aliphatic hydroxyl groups excluding tert-OH is 1. The molecule has 2 heterocycles. The Hall–Kier alpha value is -1.13. The van der Waals surface area contributed by atoms with Gasteiger partial charge in [-0.25, -0.2) is 0 Å². The molecule has 0 spiro atoms. The molecule has 1 saturated heterocycles. The quantitative estimate of drug-likeness (QED) is 0.839. The summed E-state index contributed by atoms with van der Waals surface area (Å²) in [5.74, 6) is 0.297. The molecule has 0 amide bonds. The zero-order valence-electron chi connectivity index (χ0n) is 15.0. The molecule has 1 aromatic heterocycles. The van der Waals surface area contributed by atoms with Gasteiger partial charge in [0.1, 0.15) is 0 Å². The fraction of sp³-hybridized carbons (Fsp3) is 0.737. The fourth-order valence-corrected chi connectivity index (χ4v) is 4.37. The van der Waals surface area contributed by atoms with Crippen LogP contribution in [0.3, 0.4) is 0 Å². The van der Waals surface area contributed by atoms with Gasteiger partial charge in [-0.05, 0) is 51.0 Å². The molecule has 1 aromatic rings. The van der Waals surface area contributed by atoms with Gasteiger partial charge in [0.15, 0.2) is 0 Å². The van der Waals surface area contributed by atoms with Gasteiger partial charge in [-0.1, -0.05) is 25.0 Å². The van der Waals surface area contributed by atoms with Crippen molar-refractivity contribution >= 4 is 0 Å². The summed E-state index contributed by atoms with van der Waals surface area (Å²) in [4.78, 5) is 2.45. The number of aryl methyl sites for hydroxylation is 1. The third-order valence-electron chi connectivity index (χ3n) is 5.78. The molecule has 2 aliphatic rings. The SMILES string of the molecule is CC1=C(CN2C[C@@H](Cc3cc(C)[nH]n3)[C@H](O)C2)C(C)(C)CCC1. The molecule has 2 atom stereocenters. The van der Waals surface area contributed by atoms with Crippen molar-refractivity contribution in [3.05, 3.63) is 28.6 Å². The standard InChI is InChI=1S/C19H31N3O/c1-13-6-5-7-19(3,4)17(13)11-22-10-15(18(23)12-22)9-16-8-14(2)20-21-16/h8,15,18,23H,5-7,9-12H2,1-4H3,(H,20,21)/t15-,18-/m1/s1. The van der Waals surface area contributed by atoms with Gasteiger partial charge in [-0.3, -0.25) is 10.00 Å². The van der Waals surface area contributed by atoms with Crippen LogP contribution in [0.15, 0.2) is 17.2 Å². The van der Waals surface area contributed by atoms with E-state index >= 15 is 0 Å². The molecule has 128 valence electrons. The molecule has 1 aliphatic heterocycles. The number of aromatic nitrogens is 2. The minimum absolute atomic E-state index is 0.236. The number of hydrogen-bond donors (Lipinski definition) is 2. The molecule has 3 rings (SSSR count). The summed E-state index contributed by atoms with van der Waals surface area (Å²) >= 11 is 0. The maximum atomic E-state index is 10.5. The first kappa shape index (κ1) is 16.7. The van der Waals surface area contributed by atoms with Gasteiger partial charge in [-0.2, -0.15) is 5.10 Å². The van der Waals surface area contributed by atoms with Gasteiger partial charge in [0.25, 0.3) is 0 Å². The molecule has 2 N–H and O–H groups in total. The predicted octanol–water partition coefficient (Wildman–Crippen LogP) is 3.08. The Morgan fingerprint density at radius 1 is 1.35 bits per heavy atom. The summed E-state index contributed by atoms with van der Waals surface area (Å²) in [5.41, 5.74) is 5.65. The van der Waals surface area contributed by atoms with Crippen molar-refractivity contribution < 1.29 is 5.11 Å². The highest BCUT2D eigenvalue weighted by molar-refractivity contribution is 5.24. The molecule has 4 nitrogen and oxygen atoms in total. The summed E-state index contributed by atoms with van der Waals surface area (Å²) in [5, 5.41) is 17.8. The summed E-state index contributed by atoms with van der Waals surface area (Å²) in [6, 6.07) is 2.09. The van der Waals surface area contributed by atoms with Gasteiger partial charge in [0.05, 0.1) is 11.8 Å². The molecule has 1 aliphatic carbocycles. The Morgan fingerprint density at radius 2 is 2.13 bits per heavy atom. The Morgan fingerprint density at radius 3 is 2.78 bits per heavy atom. The Labute approximate surface area is 140 Å². The van der Waals surface area contributed by atoms with E-state index in [2.05, 4.69) is 41.9 Å². The zero-order valence-corrected chi connectivity index (χ0v) is 15.0. The Kier molecular flexibility index (Phi) is 4.65. The fourth-order valence-electron chi connectivity index (χ4n) is 4.37. The van der Waals surface area contributed by atoms with Crippen LogP contribution >= 0.6 is 0 Å². The van der Waals surface area contributed by atoms with Crippen LogP contribution in [0.4, 0.5) is 0 Å². The number of aliphatic hydroxyl groups is 1. The van der Waals surface area contributed by atoms with E-state index in [-0.39, 0.29) is 6.10 Å². The first-order valence-electron chi connectivity index (χ1n) is 8.95. The van der Waals surface area contributed by atoms with Crippen molar-refractivity contribution in [3.8, 4) is 0 Å². The van der Waals surface area contributed by atoms with E-state index < -0.39 is 0 Å². The number of nitrogens with one attached hydrogen (secondary N) is 1. The molecule has 0 aromatic carbocycles. The lowest BCUT2D eigenvalue weighted by Gasteiger charge is -2.36. The molecular weight excluding hydrogens is 286 g/mol. The molecule has 4 heteroatoms. The number of likely N-dealkylation sites (tertiary alicyclic amines) is 1. The van der Waals surface area contributed by atoms with Crippen LogP contribution in [0.2, 0.25) is 0 Å². The van der Waals surface area contributed by atoms with Crippen LogP contribution in [0.1, 0.15) is 51.4 Å². The number of β-amino-alcohol motifs (C(OH)–C–C–N with tert-alkyl or cyclic N) is 1. The van der Waals surface area contributed by atoms with Gasteiger partial charge in [-0.15, -0.1) is 0 Å². The average Bonchev–Trinajstić information content (AvgIpc) is 3.01. The highest BCUT2D eigenvalue weighted by Crippen LogP contribution is 2.41. The van der Waals surface area contributed by atoms with Gasteiger partial charge in [0.2, 0.25) is 0 Å². The maximum absolute atomic E-state index is 10.5. The number of aromatic amines is 1. The van der Waals surface area contributed by atoms with Crippen LogP contribution < -0.4 is 0 Å². The lowest BCUT2D eigenvalue weighted by atomic mass is 9.72. The lowest BCUT2D eigenvalue weighted by molar-refractivity contribution is 0.141. The Balaban J connectivity index is 1.64. The Bertz CT molecular complexity index is 587. The number of nitrogens with zero attached hydrogens (tertiary/aromatic N) is 2. The van der Waals surface area contributed by atoms with Crippen LogP contribution in [-0.4, -0.2) is 45.9 Å². The molecule has 0 unspecified atom stereocenters. The van der Waals surface area contributed by atoms with Crippen molar-refractivity contribution in [3.63, 3.8) is 0 Å². The van der Waals surface area contributed by atoms with Crippen LogP contribution in [0.5, 0.6) is 0 Å². The molecule has 23 heavy (non-hydrogen) atoms. The van der Waals surface area contributed by atoms with Crippen LogP contribution in [-0.2, 0) is 6.42 Å². The van der Waals surface area contributed by atoms with Crippen molar-refractivity contribution in [2.75, 3.05) is 19.6 Å². The van der Waals surface area contributed by atoms with E-state index in [9.17, 15) is 5.11 Å². The van der Waals surface area contributed by atoms with Crippen LogP contribution in [0, 0.1) is 18.3 Å². The van der Waals surface area contributed by atoms with Crippen molar-refractivity contribution in [1.29, 1.82) is 0 Å². The highest BCUT2D eigenvalue weighted by atomic mass is 16.3. The predicted molar refractivity (Wildman–Crippen MR) is 93.3 cm³/mol. The van der Waals surface area contributed by atoms with Crippen molar-refractivity contribution in [2.24, 2.45) is 11.3 Å². The second-order valence-corrected chi connectivity index (χ2v) is 8.26. The summed E-state index contributed by atoms with van der Waals surface area (Å²) in [7, 11) is 0. The number of allylic oxidation sites excluding steroid dienone is 1. The average molecular weight is 317 g/mol. The zero-order chi connectivity index (χ0) is 16.6. The molecule has 0 bridgehead atoms. The lowest BCUT2D eigenvalue weighted by Crippen LogP contribution is -2.32. The van der Waals surface area contributed by atoms with E-state index in [1.807, 2.05) is 6.92 Å². The van der Waals surface area contributed by atoms with E-state index in [0.717, 1.165) is 37.4 Å². The van der Waals surface area contributed by atoms with Crippen molar-refractivity contribution in [1.82, 2.24) is 15.1 Å². The first-order valence-corrected chi connectivity index (χ1v) is 8.95. The second kappa shape index (κ2) is 6.40. The normalized spacial score (nSPS) is 28.6. The minimum atomic E-state index is -0.236. The first-order chi connectivity index (χ1) is 10.8. The van der Waals surface area contributed by atoms with E-state index in [4.69, 9.17) is 0 Å². The summed E-state index contributed by atoms with van der Waals surface area (Å²) in [6.07, 6.45) is 4.46. The topological polar surface area (TPSA) is 52.2 Å². The molecular formula is C19H31N3O. The number of rotatable bonds is 4. The molecule has 1 fully saturated rings. The number of hydrogen-bond acceptors (Lipinski definition) is 3. The maximum Gasteiger partial charge on any atom is 0.0711 e. The van der Waals surface area contributed by atoms with Gasteiger partial charge >= 0.3 is 0 Å². The van der Waals surface area contributed by atoms with Gasteiger partial charge in [0, 0.05) is 31.2 Å². The molecule has 0 saturated carbocycles. The third kappa shape index (κ3) is 3.69. The largest absolute Gasteiger partial charge is 0.391 e. The van der Waals surface area contributed by atoms with E-state index in [1.165, 1.54) is 19.3 Å². The smallest absolute Gasteiger partial charge is 0.0711 e. The third-order valence-corrected chi connectivity index (χ3v) is 5.78. The summed E-state index contributed by atoms with van der Waals surface area (Å²) in [6.45, 7) is 11.9. The monoisotopic (exact) mass is 317 g/mol. The van der Waals surface area contributed by atoms with Gasteiger partial charge < -0.3 is 5.11 Å². The van der Waals surface area contributed by atoms with Crippen LogP contribution in [0.25, 0.3) is 0 Å². The van der Waals surface area contributed by atoms with Crippen molar-refractivity contribution in [2.45, 2.75) is 59.5 Å². The second-order valence-electron chi connectivity index (χ2n) is 8.26. The number of H-pyrrole nitrogens is 1. The highest BCUT2D eigenvalue weighted by Gasteiger charge is 2.35. The van der Waals surface area contributed by atoms with E-state index in [0.29, 0.717) is 11.3 Å².